The third-order valence-corrected chi connectivity index (χ3v) is 2.60. The van der Waals surface area contributed by atoms with Gasteiger partial charge in [-0.05, 0) is 31.6 Å². The molecule has 0 aromatic heterocycles. The molecular formula is C13H26N2O3. The van der Waals surface area contributed by atoms with Crippen LogP contribution in [0.25, 0.3) is 0 Å². The Morgan fingerprint density at radius 3 is 2.17 bits per heavy atom. The van der Waals surface area contributed by atoms with Crippen LogP contribution in [0.1, 0.15) is 52.4 Å². The van der Waals surface area contributed by atoms with E-state index < -0.39 is 5.97 Å². The summed E-state index contributed by atoms with van der Waals surface area (Å²) in [6.45, 7) is 5.65. The number of unbranched alkanes of at least 4 members (excludes halogenated alkanes) is 2. The molecule has 0 fully saturated rings. The van der Waals surface area contributed by atoms with Crippen molar-refractivity contribution in [2.45, 2.75) is 52.4 Å². The highest BCUT2D eigenvalue weighted by Gasteiger charge is 2.00. The SMILES string of the molecule is CC(C)CCCNC(=O)NCCCCCC(=O)O. The summed E-state index contributed by atoms with van der Waals surface area (Å²) in [5, 5.41) is 14.0. The largest absolute Gasteiger partial charge is 0.481 e. The van der Waals surface area contributed by atoms with Gasteiger partial charge >= 0.3 is 12.0 Å². The molecular weight excluding hydrogens is 232 g/mol. The summed E-state index contributed by atoms with van der Waals surface area (Å²) in [6.07, 6.45) is 4.67. The fourth-order valence-corrected chi connectivity index (χ4v) is 1.55. The van der Waals surface area contributed by atoms with E-state index in [0.29, 0.717) is 25.4 Å². The molecule has 0 aliphatic rings. The molecule has 2 amide bonds. The lowest BCUT2D eigenvalue weighted by molar-refractivity contribution is -0.137. The van der Waals surface area contributed by atoms with Crippen molar-refractivity contribution < 1.29 is 14.7 Å². The molecule has 0 heterocycles. The van der Waals surface area contributed by atoms with Gasteiger partial charge in [0.05, 0.1) is 0 Å². The predicted octanol–water partition coefficient (Wildman–Crippen LogP) is 2.37. The molecule has 3 N–H and O–H groups in total. The summed E-state index contributed by atoms with van der Waals surface area (Å²) in [4.78, 5) is 21.6. The lowest BCUT2D eigenvalue weighted by Gasteiger charge is -2.08. The van der Waals surface area contributed by atoms with Crippen molar-refractivity contribution in [2.24, 2.45) is 5.92 Å². The molecule has 0 radical (unpaired) electrons. The Balaban J connectivity index is 3.24. The number of hydrogen-bond acceptors (Lipinski definition) is 2. The molecule has 106 valence electrons. The van der Waals surface area contributed by atoms with Crippen LogP contribution in [-0.2, 0) is 4.79 Å². The smallest absolute Gasteiger partial charge is 0.314 e. The molecule has 0 aromatic carbocycles. The van der Waals surface area contributed by atoms with Crippen LogP contribution in [0.2, 0.25) is 0 Å². The van der Waals surface area contributed by atoms with E-state index in [0.717, 1.165) is 25.7 Å². The summed E-state index contributed by atoms with van der Waals surface area (Å²) in [7, 11) is 0. The minimum Gasteiger partial charge on any atom is -0.481 e. The number of carboxylic acid groups (broad SMARTS) is 1. The van der Waals surface area contributed by atoms with Crippen LogP contribution in [0.4, 0.5) is 4.79 Å². The number of nitrogens with one attached hydrogen (secondary N) is 2. The van der Waals surface area contributed by atoms with Gasteiger partial charge in [0.25, 0.3) is 0 Å². The average Bonchev–Trinajstić information content (AvgIpc) is 2.28. The topological polar surface area (TPSA) is 78.4 Å². The van der Waals surface area contributed by atoms with Crippen molar-refractivity contribution in [1.29, 1.82) is 0 Å². The van der Waals surface area contributed by atoms with Crippen molar-refractivity contribution in [2.75, 3.05) is 13.1 Å². The monoisotopic (exact) mass is 258 g/mol. The van der Waals surface area contributed by atoms with E-state index in [1.807, 2.05) is 0 Å². The maximum atomic E-state index is 11.3. The number of rotatable bonds is 10. The normalized spacial score (nSPS) is 10.4. The van der Waals surface area contributed by atoms with Crippen LogP contribution < -0.4 is 10.6 Å². The molecule has 0 rings (SSSR count). The second-order valence-electron chi connectivity index (χ2n) is 4.92. The van der Waals surface area contributed by atoms with Crippen LogP contribution in [0.15, 0.2) is 0 Å². The number of urea groups is 1. The number of carboxylic acids is 1. The Morgan fingerprint density at radius 2 is 1.61 bits per heavy atom. The predicted molar refractivity (Wildman–Crippen MR) is 71.6 cm³/mol. The van der Waals surface area contributed by atoms with Gasteiger partial charge in [-0.3, -0.25) is 4.79 Å². The Hall–Kier alpha value is -1.26. The highest BCUT2D eigenvalue weighted by atomic mass is 16.4. The van der Waals surface area contributed by atoms with Crippen LogP contribution >= 0.6 is 0 Å². The highest BCUT2D eigenvalue weighted by molar-refractivity contribution is 5.73. The molecule has 0 unspecified atom stereocenters. The molecule has 0 atom stereocenters. The number of aliphatic carboxylic acids is 1. The molecule has 0 aliphatic carbocycles. The van der Waals surface area contributed by atoms with Crippen molar-refractivity contribution in [1.82, 2.24) is 10.6 Å². The quantitative estimate of drug-likeness (QED) is 0.526. The zero-order valence-electron chi connectivity index (χ0n) is 11.5. The van der Waals surface area contributed by atoms with Crippen LogP contribution in [0.3, 0.4) is 0 Å². The second-order valence-corrected chi connectivity index (χ2v) is 4.92. The number of hydrogen-bond donors (Lipinski definition) is 3. The zero-order chi connectivity index (χ0) is 13.8. The van der Waals surface area contributed by atoms with Gasteiger partial charge in [-0.2, -0.15) is 0 Å². The summed E-state index contributed by atoms with van der Waals surface area (Å²) in [6, 6.07) is -0.128. The van der Waals surface area contributed by atoms with Gasteiger partial charge in [0.15, 0.2) is 0 Å². The number of amides is 2. The number of carbonyl (C=O) groups is 2. The minimum atomic E-state index is -0.758. The van der Waals surface area contributed by atoms with E-state index in [2.05, 4.69) is 24.5 Å². The standard InChI is InChI=1S/C13H26N2O3/c1-11(2)7-6-10-15-13(18)14-9-5-3-4-8-12(16)17/h11H,3-10H2,1-2H3,(H,16,17)(H2,14,15,18). The highest BCUT2D eigenvalue weighted by Crippen LogP contribution is 2.01. The van der Waals surface area contributed by atoms with Crippen LogP contribution in [-0.4, -0.2) is 30.2 Å². The molecule has 0 spiro atoms. The second kappa shape index (κ2) is 10.9. The molecule has 0 saturated heterocycles. The van der Waals surface area contributed by atoms with E-state index in [-0.39, 0.29) is 12.5 Å². The van der Waals surface area contributed by atoms with E-state index in [1.165, 1.54) is 0 Å². The maximum absolute atomic E-state index is 11.3. The zero-order valence-corrected chi connectivity index (χ0v) is 11.5. The molecule has 18 heavy (non-hydrogen) atoms. The summed E-state index contributed by atoms with van der Waals surface area (Å²) in [5.74, 6) is -0.0880. The van der Waals surface area contributed by atoms with Gasteiger partial charge in [0.2, 0.25) is 0 Å². The van der Waals surface area contributed by atoms with Crippen LogP contribution in [0, 0.1) is 5.92 Å². The van der Waals surface area contributed by atoms with Gasteiger partial charge in [0, 0.05) is 19.5 Å². The van der Waals surface area contributed by atoms with Crippen molar-refractivity contribution in [3.63, 3.8) is 0 Å². The first-order valence-electron chi connectivity index (χ1n) is 6.76. The Morgan fingerprint density at radius 1 is 1.00 bits per heavy atom. The summed E-state index contributed by atoms with van der Waals surface area (Å²) in [5.41, 5.74) is 0. The van der Waals surface area contributed by atoms with E-state index in [4.69, 9.17) is 5.11 Å². The van der Waals surface area contributed by atoms with Gasteiger partial charge in [-0.25, -0.2) is 4.79 Å². The first-order valence-corrected chi connectivity index (χ1v) is 6.76. The van der Waals surface area contributed by atoms with E-state index >= 15 is 0 Å². The first-order chi connectivity index (χ1) is 8.52. The maximum Gasteiger partial charge on any atom is 0.314 e. The molecule has 0 aromatic rings. The van der Waals surface area contributed by atoms with E-state index in [9.17, 15) is 9.59 Å². The Kier molecular flexibility index (Phi) is 10.1. The minimum absolute atomic E-state index is 0.128. The van der Waals surface area contributed by atoms with Crippen molar-refractivity contribution in [3.05, 3.63) is 0 Å². The molecule has 0 bridgehead atoms. The third-order valence-electron chi connectivity index (χ3n) is 2.60. The number of carbonyl (C=O) groups excluding carboxylic acids is 1. The average molecular weight is 258 g/mol. The lowest BCUT2D eigenvalue weighted by Crippen LogP contribution is -2.36. The molecule has 0 saturated carbocycles. The lowest BCUT2D eigenvalue weighted by atomic mass is 10.1. The van der Waals surface area contributed by atoms with Gasteiger partial charge < -0.3 is 15.7 Å². The molecule has 0 aliphatic heterocycles. The Labute approximate surface area is 109 Å². The van der Waals surface area contributed by atoms with E-state index in [1.54, 1.807) is 0 Å². The van der Waals surface area contributed by atoms with Crippen LogP contribution in [0.5, 0.6) is 0 Å². The van der Waals surface area contributed by atoms with Gasteiger partial charge in [-0.1, -0.05) is 20.3 Å². The third kappa shape index (κ3) is 12.8. The van der Waals surface area contributed by atoms with Crippen molar-refractivity contribution in [3.8, 4) is 0 Å². The summed E-state index contributed by atoms with van der Waals surface area (Å²) < 4.78 is 0. The van der Waals surface area contributed by atoms with Crippen molar-refractivity contribution >= 4 is 12.0 Å². The van der Waals surface area contributed by atoms with Gasteiger partial charge in [-0.15, -0.1) is 0 Å². The molecule has 5 heteroatoms. The summed E-state index contributed by atoms with van der Waals surface area (Å²) >= 11 is 0. The Bertz CT molecular complexity index is 242. The van der Waals surface area contributed by atoms with Gasteiger partial charge in [0.1, 0.15) is 0 Å². The molecule has 5 nitrogen and oxygen atoms in total. The first kappa shape index (κ1) is 16.7. The fourth-order valence-electron chi connectivity index (χ4n) is 1.55. The fraction of sp³-hybridized carbons (Fsp3) is 0.846.